The minimum Gasteiger partial charge on any atom is -0.358 e. The lowest BCUT2D eigenvalue weighted by Crippen LogP contribution is -2.14. The van der Waals surface area contributed by atoms with Gasteiger partial charge in [0, 0.05) is 10.0 Å². The Kier molecular flexibility index (Phi) is 5.07. The van der Waals surface area contributed by atoms with E-state index in [1.807, 2.05) is 0 Å². The molecule has 0 aliphatic heterocycles. The maximum atomic E-state index is 12.1. The fourth-order valence-electron chi connectivity index (χ4n) is 2.00. The average molecular weight is 417 g/mol. The summed E-state index contributed by atoms with van der Waals surface area (Å²) in [7, 11) is 0. The number of halogens is 3. The molecule has 2 aromatic heterocycles. The highest BCUT2D eigenvalue weighted by atomic mass is 35.5. The minimum absolute atomic E-state index is 0.0261. The molecule has 0 unspecified atom stereocenters. The maximum absolute atomic E-state index is 12.1. The van der Waals surface area contributed by atoms with E-state index in [0.29, 0.717) is 16.6 Å². The number of carbonyl (C=O) groups excluding carboxylic acids is 1. The number of rotatable bonds is 5. The summed E-state index contributed by atoms with van der Waals surface area (Å²) < 4.78 is 1.44. The quantitative estimate of drug-likeness (QED) is 0.485. The van der Waals surface area contributed by atoms with Gasteiger partial charge in [-0.2, -0.15) is 0 Å². The van der Waals surface area contributed by atoms with Crippen LogP contribution in [0.4, 0.5) is 11.8 Å². The zero-order valence-electron chi connectivity index (χ0n) is 12.6. The van der Waals surface area contributed by atoms with Crippen LogP contribution in [0.5, 0.6) is 0 Å². The van der Waals surface area contributed by atoms with Crippen LogP contribution in [0.25, 0.3) is 0 Å². The summed E-state index contributed by atoms with van der Waals surface area (Å²) in [6, 6.07) is 5.03. The van der Waals surface area contributed by atoms with Crippen molar-refractivity contribution in [2.75, 3.05) is 5.32 Å². The van der Waals surface area contributed by atoms with Gasteiger partial charge in [-0.15, -0.1) is 10.2 Å². The van der Waals surface area contributed by atoms with Crippen LogP contribution in [0.2, 0.25) is 15.1 Å². The second-order valence-corrected chi connectivity index (χ2v) is 6.17. The van der Waals surface area contributed by atoms with Crippen LogP contribution in [0.15, 0.2) is 24.5 Å². The molecule has 0 atom stereocenters. The van der Waals surface area contributed by atoms with Crippen LogP contribution in [0, 0.1) is 10.1 Å². The third kappa shape index (κ3) is 3.77. The molecule has 0 saturated carbocycles. The van der Waals surface area contributed by atoms with E-state index in [1.54, 1.807) is 18.2 Å². The summed E-state index contributed by atoms with van der Waals surface area (Å²) in [4.78, 5) is 26.0. The average Bonchev–Trinajstić information content (AvgIpc) is 3.16. The van der Waals surface area contributed by atoms with Gasteiger partial charge in [0.25, 0.3) is 5.91 Å². The molecule has 13 heteroatoms. The fraction of sp³-hybridized carbons (Fsp3) is 0.0769. The van der Waals surface area contributed by atoms with Crippen molar-refractivity contribution < 1.29 is 9.72 Å². The van der Waals surface area contributed by atoms with Crippen LogP contribution in [0.1, 0.15) is 16.1 Å². The van der Waals surface area contributed by atoms with E-state index in [1.165, 1.54) is 11.0 Å². The molecule has 0 radical (unpaired) electrons. The lowest BCUT2D eigenvalue weighted by molar-refractivity contribution is -0.389. The van der Waals surface area contributed by atoms with Gasteiger partial charge in [0.2, 0.25) is 5.95 Å². The van der Waals surface area contributed by atoms with Gasteiger partial charge in [0.15, 0.2) is 10.7 Å². The Bertz CT molecular complexity index is 1000. The van der Waals surface area contributed by atoms with Gasteiger partial charge in [0.1, 0.15) is 6.33 Å². The minimum atomic E-state index is -0.790. The van der Waals surface area contributed by atoms with Crippen molar-refractivity contribution in [1.82, 2.24) is 25.0 Å². The van der Waals surface area contributed by atoms with E-state index in [0.717, 1.165) is 5.56 Å². The van der Waals surface area contributed by atoms with E-state index in [2.05, 4.69) is 25.6 Å². The number of benzene rings is 1. The summed E-state index contributed by atoms with van der Waals surface area (Å²) in [5, 5.41) is 23.3. The van der Waals surface area contributed by atoms with Crippen LogP contribution >= 0.6 is 34.8 Å². The number of aromatic nitrogens is 5. The molecule has 2 heterocycles. The molecular weight excluding hydrogens is 409 g/mol. The summed E-state index contributed by atoms with van der Waals surface area (Å²) in [6.45, 7) is 0.299. The summed E-state index contributed by atoms with van der Waals surface area (Å²) in [6.07, 6.45) is 1.38. The molecule has 0 saturated heterocycles. The highest BCUT2D eigenvalue weighted by Crippen LogP contribution is 2.25. The first-order valence-corrected chi connectivity index (χ1v) is 8.01. The molecule has 26 heavy (non-hydrogen) atoms. The van der Waals surface area contributed by atoms with Gasteiger partial charge >= 0.3 is 5.82 Å². The number of aromatic amines is 1. The highest BCUT2D eigenvalue weighted by Gasteiger charge is 2.25. The number of hydrogen-bond acceptors (Lipinski definition) is 6. The Labute approximate surface area is 160 Å². The summed E-state index contributed by atoms with van der Waals surface area (Å²) in [5.74, 6) is -1.39. The van der Waals surface area contributed by atoms with Gasteiger partial charge in [0.05, 0.1) is 6.54 Å². The monoisotopic (exact) mass is 415 g/mol. The van der Waals surface area contributed by atoms with Crippen LogP contribution in [-0.2, 0) is 6.54 Å². The predicted molar refractivity (Wildman–Crippen MR) is 93.8 cm³/mol. The number of anilines is 1. The molecule has 3 rings (SSSR count). The lowest BCUT2D eigenvalue weighted by Gasteiger charge is -2.04. The molecule has 1 amide bonds. The van der Waals surface area contributed by atoms with Crippen molar-refractivity contribution in [3.05, 3.63) is 61.0 Å². The first-order valence-electron chi connectivity index (χ1n) is 6.88. The molecule has 0 aliphatic carbocycles. The number of carbonyl (C=O) groups is 1. The van der Waals surface area contributed by atoms with Gasteiger partial charge in [-0.1, -0.05) is 46.0 Å². The lowest BCUT2D eigenvalue weighted by atomic mass is 10.2. The molecule has 10 nitrogen and oxygen atoms in total. The van der Waals surface area contributed by atoms with E-state index >= 15 is 0 Å². The van der Waals surface area contributed by atoms with E-state index < -0.39 is 21.7 Å². The number of H-pyrrole nitrogens is 1. The third-order valence-corrected chi connectivity index (χ3v) is 4.14. The van der Waals surface area contributed by atoms with Crippen molar-refractivity contribution in [2.45, 2.75) is 6.54 Å². The molecule has 1 aromatic carbocycles. The number of nitrogens with zero attached hydrogens (tertiary/aromatic N) is 5. The highest BCUT2D eigenvalue weighted by molar-refractivity contribution is 6.36. The normalized spacial score (nSPS) is 10.7. The molecule has 0 aliphatic rings. The third-order valence-electron chi connectivity index (χ3n) is 3.20. The molecule has 3 aromatic rings. The standard InChI is InChI=1S/C13H8Cl3N7O3/c14-7-2-1-6(8(15)3-7)4-22-5-17-13(21-22)18-12(24)10-9(16)11(20-19-10)23(25)26/h1-3,5H,4H2,(H,19,20)(H,18,21,24). The zero-order valence-corrected chi connectivity index (χ0v) is 14.9. The van der Waals surface area contributed by atoms with E-state index in [9.17, 15) is 14.9 Å². The first kappa shape index (κ1) is 18.1. The Morgan fingerprint density at radius 3 is 2.77 bits per heavy atom. The second kappa shape index (κ2) is 7.28. The van der Waals surface area contributed by atoms with Crippen molar-refractivity contribution in [3.63, 3.8) is 0 Å². The van der Waals surface area contributed by atoms with Crippen LogP contribution in [-0.4, -0.2) is 35.8 Å². The van der Waals surface area contributed by atoms with Crippen LogP contribution < -0.4 is 5.32 Å². The molecular formula is C13H8Cl3N7O3. The Morgan fingerprint density at radius 1 is 1.35 bits per heavy atom. The Balaban J connectivity index is 1.72. The zero-order chi connectivity index (χ0) is 18.8. The smallest absolute Gasteiger partial charge is 0.358 e. The first-order chi connectivity index (χ1) is 12.3. The Morgan fingerprint density at radius 2 is 2.12 bits per heavy atom. The number of nitrogens with one attached hydrogen (secondary N) is 2. The van der Waals surface area contributed by atoms with Crippen molar-refractivity contribution in [1.29, 1.82) is 0 Å². The topological polar surface area (TPSA) is 132 Å². The molecule has 0 fully saturated rings. The SMILES string of the molecule is O=C(Nc1ncn(Cc2ccc(Cl)cc2Cl)n1)c1n[nH]c([N+](=O)[O-])c1Cl. The van der Waals surface area contributed by atoms with E-state index in [4.69, 9.17) is 34.8 Å². The van der Waals surface area contributed by atoms with Gasteiger partial charge in [-0.25, -0.2) is 9.67 Å². The van der Waals surface area contributed by atoms with Crippen molar-refractivity contribution in [3.8, 4) is 0 Å². The van der Waals surface area contributed by atoms with Gasteiger partial charge in [-0.05, 0) is 22.6 Å². The largest absolute Gasteiger partial charge is 0.362 e. The fourth-order valence-corrected chi connectivity index (χ4v) is 2.71. The van der Waals surface area contributed by atoms with E-state index in [-0.39, 0.29) is 11.6 Å². The second-order valence-electron chi connectivity index (χ2n) is 4.95. The number of amides is 1. The molecule has 134 valence electrons. The number of nitro groups is 1. The van der Waals surface area contributed by atoms with Gasteiger partial charge in [-0.3, -0.25) is 10.1 Å². The maximum Gasteiger partial charge on any atom is 0.362 e. The number of hydrogen-bond donors (Lipinski definition) is 2. The Hall–Kier alpha value is -2.69. The van der Waals surface area contributed by atoms with Crippen molar-refractivity contribution in [2.24, 2.45) is 0 Å². The summed E-state index contributed by atoms with van der Waals surface area (Å²) >= 11 is 17.7. The molecule has 2 N–H and O–H groups in total. The molecule has 0 bridgehead atoms. The van der Waals surface area contributed by atoms with Crippen LogP contribution in [0.3, 0.4) is 0 Å². The van der Waals surface area contributed by atoms with Crippen molar-refractivity contribution >= 4 is 52.5 Å². The van der Waals surface area contributed by atoms with Gasteiger partial charge < -0.3 is 10.1 Å². The predicted octanol–water partition coefficient (Wildman–Crippen LogP) is 3.17. The summed E-state index contributed by atoms with van der Waals surface area (Å²) in [5.41, 5.74) is 0.417. The molecule has 0 spiro atoms.